The Morgan fingerprint density at radius 2 is 1.86 bits per heavy atom. The number of nitrogens with zero attached hydrogens (tertiary/aromatic N) is 4. The second kappa shape index (κ2) is 9.69. The van der Waals surface area contributed by atoms with Crippen molar-refractivity contribution in [1.82, 2.24) is 19.8 Å². The molecule has 0 spiro atoms. The normalized spacial score (nSPS) is 15.8. The lowest BCUT2D eigenvalue weighted by atomic mass is 9.89. The molecule has 0 aliphatic carbocycles. The maximum atomic E-state index is 13.6. The summed E-state index contributed by atoms with van der Waals surface area (Å²) in [4.78, 5) is 13.4. The summed E-state index contributed by atoms with van der Waals surface area (Å²) >= 11 is 5.92. The van der Waals surface area contributed by atoms with Gasteiger partial charge in [0.2, 0.25) is 0 Å². The van der Waals surface area contributed by atoms with Crippen molar-refractivity contribution in [2.75, 3.05) is 43.3 Å². The van der Waals surface area contributed by atoms with Gasteiger partial charge >= 0.3 is 0 Å². The van der Waals surface area contributed by atoms with E-state index in [0.29, 0.717) is 28.1 Å². The second-order valence-electron chi connectivity index (χ2n) is 9.05. The SMILES string of the molecule is C=CS(=O)(=O)Nc1cc2c(Nc3ccc(F)c(Cl)c3)ncnc2cc1C(C)(C)N1CCN(C)CC1. The smallest absolute Gasteiger partial charge is 0.254 e. The van der Waals surface area contributed by atoms with Crippen LogP contribution in [0.3, 0.4) is 0 Å². The molecule has 35 heavy (non-hydrogen) atoms. The Kier molecular flexibility index (Phi) is 7.01. The molecule has 2 N–H and O–H groups in total. The Morgan fingerprint density at radius 1 is 1.14 bits per heavy atom. The van der Waals surface area contributed by atoms with Gasteiger partial charge in [-0.15, -0.1) is 0 Å². The number of nitrogens with one attached hydrogen (secondary N) is 2. The average molecular weight is 519 g/mol. The van der Waals surface area contributed by atoms with Gasteiger partial charge in [0.1, 0.15) is 18.0 Å². The van der Waals surface area contributed by atoms with E-state index in [1.165, 1.54) is 18.5 Å². The van der Waals surface area contributed by atoms with Crippen LogP contribution in [-0.4, -0.2) is 61.4 Å². The second-order valence-corrected chi connectivity index (χ2v) is 11.1. The summed E-state index contributed by atoms with van der Waals surface area (Å²) in [7, 11) is -1.69. The summed E-state index contributed by atoms with van der Waals surface area (Å²) in [6.07, 6.45) is 1.43. The molecular weight excluding hydrogens is 491 g/mol. The molecule has 1 aliphatic rings. The number of likely N-dealkylation sites (N-methyl/N-ethyl adjacent to an activating group) is 1. The first-order chi connectivity index (χ1) is 16.5. The third-order valence-corrected chi connectivity index (χ3v) is 7.61. The molecule has 0 atom stereocenters. The maximum Gasteiger partial charge on any atom is 0.254 e. The van der Waals surface area contributed by atoms with Crippen LogP contribution in [-0.2, 0) is 15.6 Å². The first-order valence-electron chi connectivity index (χ1n) is 11.1. The third kappa shape index (κ3) is 5.40. The Bertz CT molecular complexity index is 1370. The molecule has 0 bridgehead atoms. The molecule has 1 saturated heterocycles. The zero-order valence-electron chi connectivity index (χ0n) is 19.8. The Balaban J connectivity index is 1.83. The van der Waals surface area contributed by atoms with Crippen LogP contribution in [0.1, 0.15) is 19.4 Å². The lowest BCUT2D eigenvalue weighted by Crippen LogP contribution is -2.52. The highest BCUT2D eigenvalue weighted by Gasteiger charge is 2.34. The minimum atomic E-state index is -3.78. The van der Waals surface area contributed by atoms with Crippen LogP contribution in [0.25, 0.3) is 10.9 Å². The molecule has 1 aliphatic heterocycles. The van der Waals surface area contributed by atoms with Crippen LogP contribution >= 0.6 is 11.6 Å². The molecule has 2 aromatic carbocycles. The summed E-state index contributed by atoms with van der Waals surface area (Å²) in [5, 5.41) is 4.58. The predicted octanol–water partition coefficient (Wildman–Crippen LogP) is 4.53. The standard InChI is InChI=1S/C24H28ClFN6O2S/c1-5-35(33,34)30-22-13-17-21(14-18(22)24(2,3)32-10-8-31(4)9-11-32)27-15-28-23(17)29-16-6-7-20(26)19(25)12-16/h5-7,12-15,30H,1,8-11H2,2-4H3,(H,27,28,29). The minimum Gasteiger partial charge on any atom is -0.340 e. The van der Waals surface area contributed by atoms with E-state index in [4.69, 9.17) is 11.6 Å². The van der Waals surface area contributed by atoms with Gasteiger partial charge in [-0.2, -0.15) is 0 Å². The van der Waals surface area contributed by atoms with Crippen LogP contribution in [0.5, 0.6) is 0 Å². The number of benzene rings is 2. The van der Waals surface area contributed by atoms with Gasteiger partial charge in [0.05, 0.1) is 16.2 Å². The zero-order valence-corrected chi connectivity index (χ0v) is 21.4. The molecule has 11 heteroatoms. The van der Waals surface area contributed by atoms with Crippen molar-refractivity contribution in [1.29, 1.82) is 0 Å². The quantitative estimate of drug-likeness (QED) is 0.474. The topological polar surface area (TPSA) is 90.5 Å². The molecule has 0 radical (unpaired) electrons. The summed E-state index contributed by atoms with van der Waals surface area (Å²) in [5.41, 5.74) is 1.88. The van der Waals surface area contributed by atoms with Crippen LogP contribution in [0.15, 0.2) is 48.6 Å². The van der Waals surface area contributed by atoms with Gasteiger partial charge in [-0.3, -0.25) is 9.62 Å². The Hall–Kier alpha value is -2.79. The Morgan fingerprint density at radius 3 is 2.51 bits per heavy atom. The van der Waals surface area contributed by atoms with Gasteiger partial charge in [0, 0.05) is 48.2 Å². The van der Waals surface area contributed by atoms with Crippen LogP contribution in [0.4, 0.5) is 21.6 Å². The molecule has 1 fully saturated rings. The zero-order chi connectivity index (χ0) is 25.4. The van der Waals surface area contributed by atoms with E-state index < -0.39 is 21.4 Å². The number of sulfonamides is 1. The summed E-state index contributed by atoms with van der Waals surface area (Å²) in [6.45, 7) is 11.1. The monoisotopic (exact) mass is 518 g/mol. The fourth-order valence-corrected chi connectivity index (χ4v) is 4.97. The van der Waals surface area contributed by atoms with Gasteiger partial charge in [-0.25, -0.2) is 22.8 Å². The van der Waals surface area contributed by atoms with E-state index in [1.807, 2.05) is 6.07 Å². The van der Waals surface area contributed by atoms with Crippen molar-refractivity contribution < 1.29 is 12.8 Å². The maximum absolute atomic E-state index is 13.6. The molecule has 0 unspecified atom stereocenters. The van der Waals surface area contributed by atoms with Crippen molar-refractivity contribution in [3.05, 3.63) is 65.0 Å². The molecule has 3 aromatic rings. The van der Waals surface area contributed by atoms with Crippen molar-refractivity contribution in [2.24, 2.45) is 0 Å². The summed E-state index contributed by atoms with van der Waals surface area (Å²) < 4.78 is 41.3. The van der Waals surface area contributed by atoms with E-state index >= 15 is 0 Å². The number of hydrogen-bond donors (Lipinski definition) is 2. The number of halogens is 2. The van der Waals surface area contributed by atoms with Crippen molar-refractivity contribution in [3.8, 4) is 0 Å². The third-order valence-electron chi connectivity index (χ3n) is 6.38. The van der Waals surface area contributed by atoms with Crippen molar-refractivity contribution >= 4 is 49.7 Å². The molecular formula is C24H28ClFN6O2S. The van der Waals surface area contributed by atoms with Gasteiger partial charge in [-0.05, 0) is 56.8 Å². The molecule has 4 rings (SSSR count). The fourth-order valence-electron chi connectivity index (χ4n) is 4.23. The lowest BCUT2D eigenvalue weighted by Gasteiger charge is -2.44. The predicted molar refractivity (Wildman–Crippen MR) is 139 cm³/mol. The van der Waals surface area contributed by atoms with Gasteiger partial charge in [0.25, 0.3) is 10.0 Å². The van der Waals surface area contributed by atoms with E-state index in [9.17, 15) is 12.8 Å². The number of aromatic nitrogens is 2. The number of anilines is 3. The molecule has 1 aromatic heterocycles. The molecule has 2 heterocycles. The Labute approximate surface area is 209 Å². The van der Waals surface area contributed by atoms with Gasteiger partial charge in [-0.1, -0.05) is 18.2 Å². The van der Waals surface area contributed by atoms with Crippen LogP contribution in [0.2, 0.25) is 5.02 Å². The first kappa shape index (κ1) is 25.3. The number of rotatable bonds is 7. The highest BCUT2D eigenvalue weighted by Crippen LogP contribution is 2.38. The molecule has 0 amide bonds. The molecule has 0 saturated carbocycles. The van der Waals surface area contributed by atoms with Crippen molar-refractivity contribution in [2.45, 2.75) is 19.4 Å². The van der Waals surface area contributed by atoms with E-state index in [-0.39, 0.29) is 5.02 Å². The summed E-state index contributed by atoms with van der Waals surface area (Å²) in [6, 6.07) is 7.86. The number of fused-ring (bicyclic) bond motifs is 1. The minimum absolute atomic E-state index is 0.0241. The van der Waals surface area contributed by atoms with Crippen LogP contribution in [0, 0.1) is 5.82 Å². The number of hydrogen-bond acceptors (Lipinski definition) is 7. The van der Waals surface area contributed by atoms with E-state index in [1.54, 1.807) is 12.1 Å². The highest BCUT2D eigenvalue weighted by molar-refractivity contribution is 7.95. The van der Waals surface area contributed by atoms with E-state index in [2.05, 4.69) is 57.3 Å². The van der Waals surface area contributed by atoms with Gasteiger partial charge < -0.3 is 10.2 Å². The number of piperazine rings is 1. The largest absolute Gasteiger partial charge is 0.340 e. The fraction of sp³-hybridized carbons (Fsp3) is 0.333. The average Bonchev–Trinajstić information content (AvgIpc) is 2.81. The first-order valence-corrected chi connectivity index (χ1v) is 13.0. The van der Waals surface area contributed by atoms with E-state index in [0.717, 1.165) is 37.2 Å². The summed E-state index contributed by atoms with van der Waals surface area (Å²) in [5.74, 6) is -0.0951. The van der Waals surface area contributed by atoms with Crippen LogP contribution < -0.4 is 10.0 Å². The lowest BCUT2D eigenvalue weighted by molar-refractivity contribution is 0.0611. The molecule has 8 nitrogen and oxygen atoms in total. The highest BCUT2D eigenvalue weighted by atomic mass is 35.5. The molecule has 186 valence electrons. The van der Waals surface area contributed by atoms with Crippen molar-refractivity contribution in [3.63, 3.8) is 0 Å². The van der Waals surface area contributed by atoms with Gasteiger partial charge in [0.15, 0.2) is 0 Å².